The zero-order valence-corrected chi connectivity index (χ0v) is 17.8. The molecule has 1 rings (SSSR count). The van der Waals surface area contributed by atoms with E-state index in [1.54, 1.807) is 19.1 Å². The van der Waals surface area contributed by atoms with Crippen LogP contribution < -0.4 is 0 Å². The van der Waals surface area contributed by atoms with Gasteiger partial charge in [0.1, 0.15) is 18.5 Å². The summed E-state index contributed by atoms with van der Waals surface area (Å²) < 4.78 is 20.4. The number of ether oxygens (including phenoxy) is 4. The molecule has 0 aliphatic carbocycles. The second-order valence-corrected chi connectivity index (χ2v) is 7.42. The van der Waals surface area contributed by atoms with Crippen molar-refractivity contribution in [3.05, 3.63) is 0 Å². The van der Waals surface area contributed by atoms with Gasteiger partial charge in [0.25, 0.3) is 0 Å². The molecule has 1 fully saturated rings. The van der Waals surface area contributed by atoms with Crippen molar-refractivity contribution in [1.82, 2.24) is 4.90 Å². The summed E-state index contributed by atoms with van der Waals surface area (Å²) in [5.41, 5.74) is -0.544. The third kappa shape index (κ3) is 11.4. The van der Waals surface area contributed by atoms with Crippen LogP contribution >= 0.6 is 11.6 Å². The van der Waals surface area contributed by atoms with Gasteiger partial charge in [0.2, 0.25) is 0 Å². The Bertz CT molecular complexity index is 446. The third-order valence-corrected chi connectivity index (χ3v) is 4.05. The Hall–Kier alpha value is -1.04. The maximum absolute atomic E-state index is 12.2. The van der Waals surface area contributed by atoms with Crippen molar-refractivity contribution in [1.29, 1.82) is 0 Å². The molecule has 0 aromatic carbocycles. The Morgan fingerprint density at radius 3 is 2.48 bits per heavy atom. The molecule has 0 aromatic heterocycles. The van der Waals surface area contributed by atoms with Crippen molar-refractivity contribution in [3.63, 3.8) is 0 Å². The molecular weight excluding hydrogens is 374 g/mol. The minimum atomic E-state index is -0.544. The van der Waals surface area contributed by atoms with Crippen molar-refractivity contribution in [2.45, 2.75) is 57.8 Å². The number of methoxy groups -OCH3 is 2. The number of hydrogen-bond acceptors (Lipinski definition) is 6. The molecule has 7 nitrogen and oxygen atoms in total. The number of hydrogen-bond donors (Lipinski definition) is 1. The molecule has 158 valence electrons. The van der Waals surface area contributed by atoms with Crippen LogP contribution in [-0.4, -0.2) is 74.1 Å². The number of rotatable bonds is 7. The molecule has 0 spiro atoms. The summed E-state index contributed by atoms with van der Waals surface area (Å²) in [6, 6.07) is 0.292. The first kappa shape index (κ1) is 26.0. The SMILES string of the molecule is C#CCCC(OCOC)C1CN(C(=O)OC(C)(C)C)CCC1O.COCCl. The fourth-order valence-corrected chi connectivity index (χ4v) is 2.63. The first-order valence-electron chi connectivity index (χ1n) is 8.95. The Labute approximate surface area is 168 Å². The van der Waals surface area contributed by atoms with Crippen LogP contribution in [0.25, 0.3) is 0 Å². The number of aliphatic hydroxyl groups is 1. The monoisotopic (exact) mass is 407 g/mol. The van der Waals surface area contributed by atoms with Crippen molar-refractivity contribution in [2.24, 2.45) is 5.92 Å². The van der Waals surface area contributed by atoms with E-state index in [1.165, 1.54) is 0 Å². The minimum Gasteiger partial charge on any atom is -0.444 e. The molecule has 0 bridgehead atoms. The van der Waals surface area contributed by atoms with Gasteiger partial charge in [0.05, 0.1) is 12.2 Å². The van der Waals surface area contributed by atoms with Gasteiger partial charge in [-0.25, -0.2) is 4.79 Å². The lowest BCUT2D eigenvalue weighted by atomic mass is 9.87. The number of piperidine rings is 1. The van der Waals surface area contributed by atoms with E-state index in [0.29, 0.717) is 38.4 Å². The number of aliphatic hydroxyl groups excluding tert-OH is 1. The highest BCUT2D eigenvalue weighted by atomic mass is 35.5. The second-order valence-electron chi connectivity index (χ2n) is 7.20. The first-order chi connectivity index (χ1) is 12.7. The summed E-state index contributed by atoms with van der Waals surface area (Å²) in [4.78, 5) is 13.9. The van der Waals surface area contributed by atoms with Gasteiger partial charge in [-0.05, 0) is 33.6 Å². The highest BCUT2D eigenvalue weighted by Crippen LogP contribution is 2.26. The number of likely N-dealkylation sites (tertiary alicyclic amines) is 1. The molecule has 27 heavy (non-hydrogen) atoms. The molecule has 3 atom stereocenters. The topological polar surface area (TPSA) is 77.5 Å². The lowest BCUT2D eigenvalue weighted by molar-refractivity contribution is -0.125. The molecule has 1 aliphatic rings. The molecule has 1 saturated heterocycles. The lowest BCUT2D eigenvalue weighted by Gasteiger charge is -2.40. The Kier molecular flexibility index (Phi) is 13.5. The van der Waals surface area contributed by atoms with E-state index >= 15 is 0 Å². The summed E-state index contributed by atoms with van der Waals surface area (Å²) >= 11 is 4.96. The number of alkyl halides is 1. The van der Waals surface area contributed by atoms with Crippen LogP contribution in [0.5, 0.6) is 0 Å². The normalized spacial score (nSPS) is 20.9. The fourth-order valence-electron chi connectivity index (χ4n) is 2.63. The van der Waals surface area contributed by atoms with Crippen LogP contribution in [0.1, 0.15) is 40.0 Å². The van der Waals surface area contributed by atoms with Crippen LogP contribution in [0.15, 0.2) is 0 Å². The Balaban J connectivity index is 0.00000153. The van der Waals surface area contributed by atoms with Crippen LogP contribution in [0, 0.1) is 18.3 Å². The van der Waals surface area contributed by atoms with E-state index in [9.17, 15) is 9.90 Å². The highest BCUT2D eigenvalue weighted by Gasteiger charge is 2.37. The molecule has 0 aromatic rings. The molecule has 3 unspecified atom stereocenters. The fraction of sp³-hybridized carbons (Fsp3) is 0.842. The maximum Gasteiger partial charge on any atom is 0.410 e. The van der Waals surface area contributed by atoms with Gasteiger partial charge in [-0.2, -0.15) is 0 Å². The number of terminal acetylenes is 1. The predicted molar refractivity (Wildman–Crippen MR) is 104 cm³/mol. The summed E-state index contributed by atoms with van der Waals surface area (Å²) in [6.07, 6.45) is 5.83. The van der Waals surface area contributed by atoms with Crippen LogP contribution in [0.2, 0.25) is 0 Å². The van der Waals surface area contributed by atoms with Gasteiger partial charge < -0.3 is 29.0 Å². The summed E-state index contributed by atoms with van der Waals surface area (Å²) in [5, 5.41) is 10.3. The molecule has 8 heteroatoms. The van der Waals surface area contributed by atoms with E-state index in [-0.39, 0.29) is 24.9 Å². The molecule has 1 heterocycles. The lowest BCUT2D eigenvalue weighted by Crippen LogP contribution is -2.51. The number of carbonyl (C=O) groups excluding carboxylic acids is 1. The quantitative estimate of drug-likeness (QED) is 0.397. The van der Waals surface area contributed by atoms with Crippen LogP contribution in [0.4, 0.5) is 4.79 Å². The van der Waals surface area contributed by atoms with E-state index in [2.05, 4.69) is 10.7 Å². The van der Waals surface area contributed by atoms with Crippen molar-refractivity contribution < 1.29 is 28.8 Å². The minimum absolute atomic E-state index is 0.130. The van der Waals surface area contributed by atoms with Crippen LogP contribution in [-0.2, 0) is 18.9 Å². The van der Waals surface area contributed by atoms with Gasteiger partial charge in [0, 0.05) is 39.6 Å². The Morgan fingerprint density at radius 1 is 1.37 bits per heavy atom. The molecule has 1 aliphatic heterocycles. The standard InChI is InChI=1S/C17H29NO5.C2H5ClO/c1-6-7-8-15(22-12-21-5)13-11-18(10-9-14(13)19)16(20)23-17(2,3)4;1-4-2-3/h1,13-15,19H,7-12H2,2-5H3;2H2,1H3. The first-order valence-corrected chi connectivity index (χ1v) is 9.48. The maximum atomic E-state index is 12.2. The smallest absolute Gasteiger partial charge is 0.410 e. The Morgan fingerprint density at radius 2 is 2.00 bits per heavy atom. The molecule has 0 saturated carbocycles. The highest BCUT2D eigenvalue weighted by molar-refractivity contribution is 6.17. The average molecular weight is 408 g/mol. The number of nitrogens with zero attached hydrogens (tertiary/aromatic N) is 1. The van der Waals surface area contributed by atoms with E-state index in [4.69, 9.17) is 32.2 Å². The number of carbonyl (C=O) groups is 1. The summed E-state index contributed by atoms with van der Waals surface area (Å²) in [5.74, 6) is 2.38. The second kappa shape index (κ2) is 14.0. The van der Waals surface area contributed by atoms with E-state index in [1.807, 2.05) is 20.8 Å². The predicted octanol–water partition coefficient (Wildman–Crippen LogP) is 2.84. The zero-order chi connectivity index (χ0) is 20.9. The molecule has 1 amide bonds. The summed E-state index contributed by atoms with van der Waals surface area (Å²) in [6.45, 7) is 6.48. The molecule has 0 radical (unpaired) electrons. The van der Waals surface area contributed by atoms with Crippen molar-refractivity contribution in [2.75, 3.05) is 40.2 Å². The van der Waals surface area contributed by atoms with Crippen LogP contribution in [0.3, 0.4) is 0 Å². The third-order valence-electron chi connectivity index (χ3n) is 3.83. The van der Waals surface area contributed by atoms with Crippen molar-refractivity contribution in [3.8, 4) is 12.3 Å². The molecular formula is C19H34ClNO6. The van der Waals surface area contributed by atoms with Gasteiger partial charge in [-0.3, -0.25) is 0 Å². The average Bonchev–Trinajstić information content (AvgIpc) is 2.61. The largest absolute Gasteiger partial charge is 0.444 e. The van der Waals surface area contributed by atoms with Gasteiger partial charge in [0.15, 0.2) is 0 Å². The van der Waals surface area contributed by atoms with Gasteiger partial charge in [-0.15, -0.1) is 12.3 Å². The van der Waals surface area contributed by atoms with Crippen molar-refractivity contribution >= 4 is 17.7 Å². The van der Waals surface area contributed by atoms with Gasteiger partial charge in [-0.1, -0.05) is 11.6 Å². The molecule has 1 N–H and O–H groups in total. The number of halogens is 1. The van der Waals surface area contributed by atoms with E-state index < -0.39 is 11.7 Å². The zero-order valence-electron chi connectivity index (χ0n) is 17.1. The van der Waals surface area contributed by atoms with Gasteiger partial charge >= 0.3 is 6.09 Å². The number of amides is 1. The van der Waals surface area contributed by atoms with E-state index in [0.717, 1.165) is 0 Å². The summed E-state index contributed by atoms with van der Waals surface area (Å²) in [7, 11) is 3.09.